The molecule has 1 aromatic carbocycles. The molecule has 146 valence electrons. The van der Waals surface area contributed by atoms with Crippen LogP contribution in [0.2, 0.25) is 10.0 Å². The van der Waals surface area contributed by atoms with E-state index in [1.54, 1.807) is 18.3 Å². The molecule has 4 nitrogen and oxygen atoms in total. The number of ether oxygens (including phenoxy) is 2. The normalized spacial score (nSPS) is 10.8. The Bertz CT molecular complexity index is 567. The van der Waals surface area contributed by atoms with Crippen molar-refractivity contribution in [2.24, 2.45) is 5.16 Å². The predicted octanol–water partition coefficient (Wildman–Crippen LogP) is 7.04. The maximum Gasteiger partial charge on any atom is 0.156 e. The first kappa shape index (κ1) is 23.2. The molecule has 0 amide bonds. The number of oxime groups is 1. The van der Waals surface area contributed by atoms with E-state index in [0.717, 1.165) is 32.1 Å². The molecule has 0 aliphatic heterocycles. The largest absolute Gasteiger partial charge is 0.490 e. The highest BCUT2D eigenvalue weighted by Crippen LogP contribution is 2.37. The smallest absolute Gasteiger partial charge is 0.156 e. The van der Waals surface area contributed by atoms with E-state index in [0.29, 0.717) is 34.8 Å². The molecule has 0 saturated carbocycles. The second kappa shape index (κ2) is 14.3. The first-order chi connectivity index (χ1) is 12.5. The SMILES string of the molecule is CCC/C=N/OCCCCCOc1c(Cl)cc(OCC=C(Cl)Cl)cc1Cl. The summed E-state index contributed by atoms with van der Waals surface area (Å²) in [5.41, 5.74) is 0. The summed E-state index contributed by atoms with van der Waals surface area (Å²) in [6.07, 6.45) is 8.07. The standard InChI is InChI=1S/C18H23Cl4NO3/c1-2-3-8-23-26-10-6-4-5-9-25-18-15(19)12-14(13-16(18)20)24-11-7-17(21)22/h7-8,12-13H,2-6,9-11H2,1H3/b23-8+. The maximum absolute atomic E-state index is 6.21. The van der Waals surface area contributed by atoms with E-state index in [-0.39, 0.29) is 11.1 Å². The molecule has 1 aromatic rings. The van der Waals surface area contributed by atoms with Crippen molar-refractivity contribution in [3.63, 3.8) is 0 Å². The van der Waals surface area contributed by atoms with Gasteiger partial charge in [-0.25, -0.2) is 0 Å². The minimum Gasteiger partial charge on any atom is -0.490 e. The van der Waals surface area contributed by atoms with Crippen LogP contribution in [0.15, 0.2) is 27.9 Å². The quantitative estimate of drug-likeness (QED) is 0.187. The van der Waals surface area contributed by atoms with E-state index in [1.807, 2.05) is 0 Å². The first-order valence-corrected chi connectivity index (χ1v) is 9.95. The summed E-state index contributed by atoms with van der Waals surface area (Å²) in [5, 5.41) is 4.65. The Morgan fingerprint density at radius 3 is 2.38 bits per heavy atom. The Kier molecular flexibility index (Phi) is 12.8. The average Bonchev–Trinajstić information content (AvgIpc) is 2.58. The molecular weight excluding hydrogens is 420 g/mol. The lowest BCUT2D eigenvalue weighted by atomic mass is 10.2. The molecule has 0 aromatic heterocycles. The zero-order valence-corrected chi connectivity index (χ0v) is 17.7. The number of hydrogen-bond acceptors (Lipinski definition) is 4. The van der Waals surface area contributed by atoms with Gasteiger partial charge in [-0.2, -0.15) is 0 Å². The van der Waals surface area contributed by atoms with Gasteiger partial charge in [-0.05, 0) is 31.8 Å². The molecule has 0 spiro atoms. The van der Waals surface area contributed by atoms with Crippen molar-refractivity contribution in [1.82, 2.24) is 0 Å². The van der Waals surface area contributed by atoms with E-state index in [1.165, 1.54) is 6.08 Å². The number of unbranched alkanes of at least 4 members (excludes halogenated alkanes) is 3. The van der Waals surface area contributed by atoms with Gasteiger partial charge in [-0.1, -0.05) is 64.9 Å². The molecule has 0 atom stereocenters. The Morgan fingerprint density at radius 1 is 1.04 bits per heavy atom. The summed E-state index contributed by atoms with van der Waals surface area (Å²) in [6, 6.07) is 3.28. The van der Waals surface area contributed by atoms with Crippen molar-refractivity contribution < 1.29 is 14.3 Å². The topological polar surface area (TPSA) is 40.0 Å². The molecule has 0 radical (unpaired) electrons. The Morgan fingerprint density at radius 2 is 1.73 bits per heavy atom. The highest BCUT2D eigenvalue weighted by molar-refractivity contribution is 6.55. The van der Waals surface area contributed by atoms with Crippen molar-refractivity contribution in [2.75, 3.05) is 19.8 Å². The van der Waals surface area contributed by atoms with Crippen LogP contribution in [-0.2, 0) is 4.84 Å². The fraction of sp³-hybridized carbons (Fsp3) is 0.500. The highest BCUT2D eigenvalue weighted by Gasteiger charge is 2.10. The number of hydrogen-bond donors (Lipinski definition) is 0. The van der Waals surface area contributed by atoms with Gasteiger partial charge in [0.15, 0.2) is 5.75 Å². The van der Waals surface area contributed by atoms with Gasteiger partial charge in [0.2, 0.25) is 0 Å². The number of rotatable bonds is 13. The van der Waals surface area contributed by atoms with Crippen LogP contribution in [0, 0.1) is 0 Å². The summed E-state index contributed by atoms with van der Waals surface area (Å²) in [5.74, 6) is 0.964. The van der Waals surface area contributed by atoms with Gasteiger partial charge in [0.05, 0.1) is 16.7 Å². The van der Waals surface area contributed by atoms with E-state index in [4.69, 9.17) is 60.7 Å². The molecule has 1 rings (SSSR count). The van der Waals surface area contributed by atoms with E-state index in [9.17, 15) is 0 Å². The highest BCUT2D eigenvalue weighted by atomic mass is 35.5. The minimum atomic E-state index is 0.139. The Balaban J connectivity index is 2.29. The van der Waals surface area contributed by atoms with Crippen molar-refractivity contribution >= 4 is 52.6 Å². The Labute approximate surface area is 175 Å². The molecule has 0 bridgehead atoms. The molecule has 0 aliphatic rings. The van der Waals surface area contributed by atoms with E-state index >= 15 is 0 Å². The second-order valence-corrected chi connectivity index (χ2v) is 7.16. The Hall–Kier alpha value is -0.810. The van der Waals surface area contributed by atoms with Crippen LogP contribution in [0.4, 0.5) is 0 Å². The second-order valence-electron chi connectivity index (χ2n) is 5.34. The summed E-state index contributed by atoms with van der Waals surface area (Å²) in [7, 11) is 0. The lowest BCUT2D eigenvalue weighted by Gasteiger charge is -2.12. The monoisotopic (exact) mass is 441 g/mol. The van der Waals surface area contributed by atoms with E-state index in [2.05, 4.69) is 12.1 Å². The molecular formula is C18H23Cl4NO3. The van der Waals surface area contributed by atoms with Crippen LogP contribution in [0.25, 0.3) is 0 Å². The van der Waals surface area contributed by atoms with Crippen LogP contribution < -0.4 is 9.47 Å². The third-order valence-electron chi connectivity index (χ3n) is 3.15. The predicted molar refractivity (Wildman–Crippen MR) is 110 cm³/mol. The van der Waals surface area contributed by atoms with Gasteiger partial charge in [0, 0.05) is 18.3 Å². The van der Waals surface area contributed by atoms with Gasteiger partial charge >= 0.3 is 0 Å². The number of nitrogens with zero attached hydrogens (tertiary/aromatic N) is 1. The molecule has 0 fully saturated rings. The van der Waals surface area contributed by atoms with Crippen molar-refractivity contribution in [2.45, 2.75) is 39.0 Å². The maximum atomic E-state index is 6.21. The van der Waals surface area contributed by atoms with Gasteiger partial charge in [0.25, 0.3) is 0 Å². The zero-order valence-electron chi connectivity index (χ0n) is 14.7. The van der Waals surface area contributed by atoms with Crippen molar-refractivity contribution in [3.8, 4) is 11.5 Å². The van der Waals surface area contributed by atoms with Gasteiger partial charge in [0.1, 0.15) is 23.5 Å². The van der Waals surface area contributed by atoms with Gasteiger partial charge in [-0.3, -0.25) is 0 Å². The van der Waals surface area contributed by atoms with Crippen LogP contribution in [0.1, 0.15) is 39.0 Å². The van der Waals surface area contributed by atoms with Crippen LogP contribution in [0.5, 0.6) is 11.5 Å². The summed E-state index contributed by atoms with van der Waals surface area (Å²) in [6.45, 7) is 3.44. The summed E-state index contributed by atoms with van der Waals surface area (Å²) in [4.78, 5) is 5.15. The molecule has 0 heterocycles. The molecule has 8 heteroatoms. The molecule has 26 heavy (non-hydrogen) atoms. The van der Waals surface area contributed by atoms with Crippen molar-refractivity contribution in [3.05, 3.63) is 32.7 Å². The van der Waals surface area contributed by atoms with Crippen molar-refractivity contribution in [1.29, 1.82) is 0 Å². The number of halogens is 4. The molecule has 0 N–H and O–H groups in total. The molecule has 0 saturated heterocycles. The van der Waals surface area contributed by atoms with Crippen LogP contribution in [-0.4, -0.2) is 26.0 Å². The first-order valence-electron chi connectivity index (χ1n) is 8.44. The van der Waals surface area contributed by atoms with Gasteiger partial charge in [-0.15, -0.1) is 0 Å². The lowest BCUT2D eigenvalue weighted by Crippen LogP contribution is -2.00. The molecule has 0 unspecified atom stereocenters. The third-order valence-corrected chi connectivity index (χ3v) is 4.02. The van der Waals surface area contributed by atoms with E-state index < -0.39 is 0 Å². The third kappa shape index (κ3) is 10.4. The average molecular weight is 443 g/mol. The minimum absolute atomic E-state index is 0.139. The zero-order chi connectivity index (χ0) is 19.2. The summed E-state index contributed by atoms with van der Waals surface area (Å²) >= 11 is 23.5. The lowest BCUT2D eigenvalue weighted by molar-refractivity contribution is 0.139. The fourth-order valence-electron chi connectivity index (χ4n) is 1.87. The summed E-state index contributed by atoms with van der Waals surface area (Å²) < 4.78 is 11.3. The van der Waals surface area contributed by atoms with Crippen LogP contribution >= 0.6 is 46.4 Å². The number of benzene rings is 1. The van der Waals surface area contributed by atoms with Gasteiger partial charge < -0.3 is 14.3 Å². The van der Waals surface area contributed by atoms with Crippen LogP contribution in [0.3, 0.4) is 0 Å². The molecule has 0 aliphatic carbocycles. The fourth-order valence-corrected chi connectivity index (χ4v) is 2.57.